The molecule has 0 amide bonds. The fraction of sp³-hybridized carbons (Fsp3) is 0.667. The van der Waals surface area contributed by atoms with Crippen LogP contribution in [0.25, 0.3) is 0 Å². The third-order valence-corrected chi connectivity index (χ3v) is 3.61. The predicted octanol–water partition coefficient (Wildman–Crippen LogP) is 2.67. The molecule has 0 heterocycles. The van der Waals surface area contributed by atoms with Crippen molar-refractivity contribution in [3.05, 3.63) is 24.3 Å². The molecule has 0 aromatic heterocycles. The summed E-state index contributed by atoms with van der Waals surface area (Å²) < 4.78 is 0. The molecule has 0 bridgehead atoms. The van der Waals surface area contributed by atoms with Crippen LogP contribution in [0.15, 0.2) is 24.3 Å². The van der Waals surface area contributed by atoms with E-state index in [2.05, 4.69) is 18.7 Å². The summed E-state index contributed by atoms with van der Waals surface area (Å²) in [5, 5.41) is 10.1. The number of hydrogen-bond donors (Lipinski definition) is 1. The Morgan fingerprint density at radius 3 is 3.15 bits per heavy atom. The molecular weight excluding hydrogens is 160 g/mol. The topological polar surface area (TPSA) is 20.2 Å². The molecule has 0 saturated heterocycles. The highest BCUT2D eigenvalue weighted by atomic mass is 16.3. The standard InChI is InChI=1S/C12H18O/c1-9-5-3-4-6-11-10(9)7-8-12(11,2)13/h4,6,10-11,13H,1,3,5,7-8H2,2H3/t10?,11?,12-/m0/s1. The van der Waals surface area contributed by atoms with Crippen LogP contribution in [-0.4, -0.2) is 10.7 Å². The summed E-state index contributed by atoms with van der Waals surface area (Å²) in [7, 11) is 0. The number of rotatable bonds is 0. The summed E-state index contributed by atoms with van der Waals surface area (Å²) in [5.74, 6) is 0.858. The number of aliphatic hydroxyl groups is 1. The molecule has 2 unspecified atom stereocenters. The quantitative estimate of drug-likeness (QED) is 0.565. The molecule has 1 heteroatoms. The molecule has 0 aromatic carbocycles. The van der Waals surface area contributed by atoms with Gasteiger partial charge in [-0.3, -0.25) is 0 Å². The van der Waals surface area contributed by atoms with E-state index in [0.717, 1.165) is 25.7 Å². The molecule has 2 aliphatic rings. The van der Waals surface area contributed by atoms with Gasteiger partial charge in [-0.05, 0) is 38.5 Å². The summed E-state index contributed by atoms with van der Waals surface area (Å²) in [6.07, 6.45) is 8.65. The minimum atomic E-state index is -0.492. The van der Waals surface area contributed by atoms with E-state index in [-0.39, 0.29) is 0 Å². The zero-order chi connectivity index (χ0) is 9.47. The van der Waals surface area contributed by atoms with E-state index in [9.17, 15) is 5.11 Å². The Balaban J connectivity index is 2.28. The molecule has 3 atom stereocenters. The van der Waals surface area contributed by atoms with Gasteiger partial charge < -0.3 is 5.11 Å². The molecule has 0 spiro atoms. The van der Waals surface area contributed by atoms with Gasteiger partial charge in [-0.2, -0.15) is 0 Å². The highest BCUT2D eigenvalue weighted by molar-refractivity contribution is 5.18. The summed E-state index contributed by atoms with van der Waals surface area (Å²) in [4.78, 5) is 0. The van der Waals surface area contributed by atoms with Crippen LogP contribution in [0.2, 0.25) is 0 Å². The first-order chi connectivity index (χ1) is 6.11. The second-order valence-electron chi connectivity index (χ2n) is 4.65. The molecule has 1 saturated carbocycles. The highest BCUT2D eigenvalue weighted by Crippen LogP contribution is 2.46. The Morgan fingerprint density at radius 2 is 2.38 bits per heavy atom. The molecule has 1 nitrogen and oxygen atoms in total. The predicted molar refractivity (Wildman–Crippen MR) is 54.4 cm³/mol. The van der Waals surface area contributed by atoms with Crippen LogP contribution in [0.3, 0.4) is 0 Å². The van der Waals surface area contributed by atoms with Crippen molar-refractivity contribution in [2.75, 3.05) is 0 Å². The SMILES string of the molecule is C=C1CCC=CC2C1CC[C@]2(C)O. The summed E-state index contributed by atoms with van der Waals surface area (Å²) in [5.41, 5.74) is 0.849. The molecule has 13 heavy (non-hydrogen) atoms. The summed E-state index contributed by atoms with van der Waals surface area (Å²) in [6.45, 7) is 6.09. The Morgan fingerprint density at radius 1 is 1.62 bits per heavy atom. The van der Waals surface area contributed by atoms with Gasteiger partial charge in [0.05, 0.1) is 5.60 Å². The van der Waals surface area contributed by atoms with E-state index >= 15 is 0 Å². The summed E-state index contributed by atoms with van der Waals surface area (Å²) in [6, 6.07) is 0. The molecular formula is C12H18O. The van der Waals surface area contributed by atoms with Crippen molar-refractivity contribution in [2.45, 2.75) is 38.2 Å². The van der Waals surface area contributed by atoms with E-state index in [1.807, 2.05) is 6.92 Å². The Kier molecular flexibility index (Phi) is 2.07. The first-order valence-corrected chi connectivity index (χ1v) is 5.18. The van der Waals surface area contributed by atoms with Gasteiger partial charge in [0.25, 0.3) is 0 Å². The largest absolute Gasteiger partial charge is 0.390 e. The molecule has 1 fully saturated rings. The highest BCUT2D eigenvalue weighted by Gasteiger charge is 2.43. The lowest BCUT2D eigenvalue weighted by atomic mass is 9.84. The van der Waals surface area contributed by atoms with Crippen LogP contribution in [-0.2, 0) is 0 Å². The molecule has 2 rings (SSSR count). The second-order valence-corrected chi connectivity index (χ2v) is 4.65. The molecule has 0 aliphatic heterocycles. The lowest BCUT2D eigenvalue weighted by molar-refractivity contribution is 0.0333. The monoisotopic (exact) mass is 178 g/mol. The van der Waals surface area contributed by atoms with E-state index in [1.54, 1.807) is 0 Å². The third kappa shape index (κ3) is 1.46. The maximum Gasteiger partial charge on any atom is 0.0688 e. The number of allylic oxidation sites excluding steroid dienone is 2. The first kappa shape index (κ1) is 9.01. The van der Waals surface area contributed by atoms with Crippen LogP contribution < -0.4 is 0 Å². The smallest absolute Gasteiger partial charge is 0.0688 e. The minimum Gasteiger partial charge on any atom is -0.390 e. The minimum absolute atomic E-state index is 0.322. The van der Waals surface area contributed by atoms with Crippen molar-refractivity contribution >= 4 is 0 Å². The Hall–Kier alpha value is -0.560. The number of hydrogen-bond acceptors (Lipinski definition) is 1. The van der Waals surface area contributed by atoms with E-state index in [1.165, 1.54) is 5.57 Å². The van der Waals surface area contributed by atoms with Gasteiger partial charge in [0.2, 0.25) is 0 Å². The van der Waals surface area contributed by atoms with Gasteiger partial charge in [0.1, 0.15) is 0 Å². The second kappa shape index (κ2) is 2.98. The molecule has 0 aromatic rings. The first-order valence-electron chi connectivity index (χ1n) is 5.18. The van der Waals surface area contributed by atoms with Crippen molar-refractivity contribution in [1.29, 1.82) is 0 Å². The van der Waals surface area contributed by atoms with Crippen LogP contribution in [0.4, 0.5) is 0 Å². The fourth-order valence-corrected chi connectivity index (χ4v) is 2.72. The van der Waals surface area contributed by atoms with Crippen molar-refractivity contribution in [1.82, 2.24) is 0 Å². The van der Waals surface area contributed by atoms with E-state index < -0.39 is 5.60 Å². The van der Waals surface area contributed by atoms with Crippen LogP contribution in [0, 0.1) is 11.8 Å². The van der Waals surface area contributed by atoms with E-state index in [4.69, 9.17) is 0 Å². The van der Waals surface area contributed by atoms with Crippen LogP contribution in [0.5, 0.6) is 0 Å². The van der Waals surface area contributed by atoms with Gasteiger partial charge in [0.15, 0.2) is 0 Å². The maximum atomic E-state index is 10.1. The molecule has 0 radical (unpaired) electrons. The van der Waals surface area contributed by atoms with Crippen LogP contribution in [0.1, 0.15) is 32.6 Å². The zero-order valence-electron chi connectivity index (χ0n) is 8.29. The lowest BCUT2D eigenvalue weighted by Crippen LogP contribution is -2.30. The number of fused-ring (bicyclic) bond motifs is 1. The van der Waals surface area contributed by atoms with Crippen molar-refractivity contribution in [3.63, 3.8) is 0 Å². The Labute approximate surface area is 80.2 Å². The maximum absolute atomic E-state index is 10.1. The fourth-order valence-electron chi connectivity index (χ4n) is 2.72. The van der Waals surface area contributed by atoms with Gasteiger partial charge in [-0.15, -0.1) is 0 Å². The van der Waals surface area contributed by atoms with Crippen LogP contribution >= 0.6 is 0 Å². The van der Waals surface area contributed by atoms with Gasteiger partial charge in [-0.25, -0.2) is 0 Å². The molecule has 72 valence electrons. The zero-order valence-corrected chi connectivity index (χ0v) is 8.29. The van der Waals surface area contributed by atoms with Gasteiger partial charge in [-0.1, -0.05) is 24.3 Å². The van der Waals surface area contributed by atoms with Gasteiger partial charge in [0, 0.05) is 5.92 Å². The van der Waals surface area contributed by atoms with Gasteiger partial charge >= 0.3 is 0 Å². The van der Waals surface area contributed by atoms with E-state index in [0.29, 0.717) is 11.8 Å². The average molecular weight is 178 g/mol. The summed E-state index contributed by atoms with van der Waals surface area (Å²) >= 11 is 0. The molecule has 1 N–H and O–H groups in total. The van der Waals surface area contributed by atoms with Crippen molar-refractivity contribution < 1.29 is 5.11 Å². The Bertz CT molecular complexity index is 250. The van der Waals surface area contributed by atoms with Crippen molar-refractivity contribution in [3.8, 4) is 0 Å². The lowest BCUT2D eigenvalue weighted by Gasteiger charge is -2.26. The van der Waals surface area contributed by atoms with Crippen molar-refractivity contribution in [2.24, 2.45) is 11.8 Å². The molecule has 2 aliphatic carbocycles. The normalized spacial score (nSPS) is 44.6. The third-order valence-electron chi connectivity index (χ3n) is 3.61. The average Bonchev–Trinajstić information content (AvgIpc) is 2.26.